The van der Waals surface area contributed by atoms with Gasteiger partial charge in [-0.3, -0.25) is 9.58 Å². The van der Waals surface area contributed by atoms with Gasteiger partial charge in [-0.2, -0.15) is 5.10 Å². The zero-order valence-electron chi connectivity index (χ0n) is 11.3. The summed E-state index contributed by atoms with van der Waals surface area (Å²) < 4.78 is 2.14. The molecule has 3 rings (SSSR count). The SMILES string of the molecule is OCC1(CO)CCCN1Cc1ccnn1C1CCC1. The van der Waals surface area contributed by atoms with Crippen molar-refractivity contribution in [1.29, 1.82) is 0 Å². The van der Waals surface area contributed by atoms with Crippen LogP contribution in [0.2, 0.25) is 0 Å². The molecular formula is C14H23N3O2. The van der Waals surface area contributed by atoms with E-state index < -0.39 is 5.54 Å². The molecule has 1 aromatic heterocycles. The Morgan fingerprint density at radius 3 is 2.68 bits per heavy atom. The minimum absolute atomic E-state index is 0.0288. The maximum Gasteiger partial charge on any atom is 0.0676 e. The highest BCUT2D eigenvalue weighted by atomic mass is 16.3. The molecule has 0 atom stereocenters. The highest BCUT2D eigenvalue weighted by Gasteiger charge is 2.40. The predicted molar refractivity (Wildman–Crippen MR) is 71.7 cm³/mol. The van der Waals surface area contributed by atoms with E-state index >= 15 is 0 Å². The van der Waals surface area contributed by atoms with Crippen molar-refractivity contribution in [3.05, 3.63) is 18.0 Å². The second-order valence-electron chi connectivity index (χ2n) is 5.92. The molecule has 0 amide bonds. The smallest absolute Gasteiger partial charge is 0.0676 e. The molecule has 1 aliphatic heterocycles. The van der Waals surface area contributed by atoms with Crippen LogP contribution in [0.1, 0.15) is 43.8 Å². The molecule has 0 radical (unpaired) electrons. The summed E-state index contributed by atoms with van der Waals surface area (Å²) in [6.07, 6.45) is 7.52. The molecule has 5 heteroatoms. The van der Waals surface area contributed by atoms with Crippen LogP contribution in [0.15, 0.2) is 12.3 Å². The van der Waals surface area contributed by atoms with Crippen molar-refractivity contribution in [3.8, 4) is 0 Å². The summed E-state index contributed by atoms with van der Waals surface area (Å²) in [5.41, 5.74) is 0.771. The van der Waals surface area contributed by atoms with E-state index in [0.717, 1.165) is 25.9 Å². The van der Waals surface area contributed by atoms with E-state index in [1.165, 1.54) is 25.0 Å². The third-order valence-electron chi connectivity index (χ3n) is 4.86. The highest BCUT2D eigenvalue weighted by molar-refractivity contribution is 5.06. The predicted octanol–water partition coefficient (Wildman–Crippen LogP) is 0.927. The Balaban J connectivity index is 1.75. The fourth-order valence-corrected chi connectivity index (χ4v) is 3.27. The fraction of sp³-hybridized carbons (Fsp3) is 0.786. The molecule has 2 fully saturated rings. The molecule has 5 nitrogen and oxygen atoms in total. The summed E-state index contributed by atoms with van der Waals surface area (Å²) in [7, 11) is 0. The molecule has 2 N–H and O–H groups in total. The number of likely N-dealkylation sites (tertiary alicyclic amines) is 1. The summed E-state index contributed by atoms with van der Waals surface area (Å²) in [6.45, 7) is 1.77. The first kappa shape index (κ1) is 13.1. The van der Waals surface area contributed by atoms with Crippen molar-refractivity contribution in [3.63, 3.8) is 0 Å². The Bertz CT molecular complexity index is 424. The molecule has 0 aromatic carbocycles. The molecule has 1 aliphatic carbocycles. The van der Waals surface area contributed by atoms with Gasteiger partial charge in [-0.15, -0.1) is 0 Å². The molecule has 1 aromatic rings. The van der Waals surface area contributed by atoms with Crippen LogP contribution < -0.4 is 0 Å². The van der Waals surface area contributed by atoms with E-state index in [1.54, 1.807) is 0 Å². The Labute approximate surface area is 113 Å². The van der Waals surface area contributed by atoms with E-state index in [2.05, 4.69) is 20.7 Å². The summed E-state index contributed by atoms with van der Waals surface area (Å²) in [6, 6.07) is 2.63. The van der Waals surface area contributed by atoms with Crippen molar-refractivity contribution in [2.75, 3.05) is 19.8 Å². The van der Waals surface area contributed by atoms with Gasteiger partial charge in [-0.1, -0.05) is 0 Å². The van der Waals surface area contributed by atoms with Crippen LogP contribution >= 0.6 is 0 Å². The fourth-order valence-electron chi connectivity index (χ4n) is 3.27. The molecule has 2 aliphatic rings. The average Bonchev–Trinajstić information content (AvgIpc) is 2.96. The van der Waals surface area contributed by atoms with Gasteiger partial charge in [0.25, 0.3) is 0 Å². The van der Waals surface area contributed by atoms with Crippen molar-refractivity contribution in [2.24, 2.45) is 0 Å². The number of aromatic nitrogens is 2. The largest absolute Gasteiger partial charge is 0.394 e. The van der Waals surface area contributed by atoms with Crippen molar-refractivity contribution in [2.45, 2.75) is 50.2 Å². The number of hydrogen-bond donors (Lipinski definition) is 2. The van der Waals surface area contributed by atoms with Crippen molar-refractivity contribution >= 4 is 0 Å². The van der Waals surface area contributed by atoms with Gasteiger partial charge in [0.15, 0.2) is 0 Å². The summed E-state index contributed by atoms with van der Waals surface area (Å²) >= 11 is 0. The Morgan fingerprint density at radius 2 is 2.05 bits per heavy atom. The standard InChI is InChI=1S/C14H23N3O2/c18-10-14(11-19)6-2-8-16(14)9-13-5-7-15-17(13)12-3-1-4-12/h5,7,12,18-19H,1-4,6,8-11H2. The summed E-state index contributed by atoms with van der Waals surface area (Å²) in [5, 5.41) is 23.7. The molecule has 0 bridgehead atoms. The molecule has 1 saturated heterocycles. The van der Waals surface area contributed by atoms with E-state index in [1.807, 2.05) is 6.20 Å². The normalized spacial score (nSPS) is 23.7. The van der Waals surface area contributed by atoms with Gasteiger partial charge in [-0.05, 0) is 44.7 Å². The van der Waals surface area contributed by atoms with Gasteiger partial charge in [0, 0.05) is 12.7 Å². The topological polar surface area (TPSA) is 61.5 Å². The lowest BCUT2D eigenvalue weighted by Gasteiger charge is -2.36. The number of rotatable bonds is 5. The van der Waals surface area contributed by atoms with Crippen LogP contribution in [-0.4, -0.2) is 50.2 Å². The van der Waals surface area contributed by atoms with Crippen LogP contribution in [0.4, 0.5) is 0 Å². The van der Waals surface area contributed by atoms with Crippen molar-refractivity contribution < 1.29 is 10.2 Å². The maximum atomic E-state index is 9.63. The quantitative estimate of drug-likeness (QED) is 0.831. The molecule has 0 unspecified atom stereocenters. The number of aliphatic hydroxyl groups is 2. The Morgan fingerprint density at radius 1 is 1.26 bits per heavy atom. The lowest BCUT2D eigenvalue weighted by atomic mass is 9.93. The molecule has 1 saturated carbocycles. The van der Waals surface area contributed by atoms with Crippen LogP contribution in [0.5, 0.6) is 0 Å². The maximum absolute atomic E-state index is 9.63. The Kier molecular flexibility index (Phi) is 3.60. The molecule has 106 valence electrons. The third-order valence-corrected chi connectivity index (χ3v) is 4.86. The Hall–Kier alpha value is -0.910. The van der Waals surface area contributed by atoms with Gasteiger partial charge >= 0.3 is 0 Å². The third kappa shape index (κ3) is 2.20. The van der Waals surface area contributed by atoms with Crippen LogP contribution in [0, 0.1) is 0 Å². The first-order chi connectivity index (χ1) is 9.29. The summed E-state index contributed by atoms with van der Waals surface area (Å²) in [4.78, 5) is 2.22. The zero-order chi connectivity index (χ0) is 13.3. The molecular weight excluding hydrogens is 242 g/mol. The molecule has 19 heavy (non-hydrogen) atoms. The van der Waals surface area contributed by atoms with Crippen LogP contribution in [0.3, 0.4) is 0 Å². The minimum Gasteiger partial charge on any atom is -0.394 e. The van der Waals surface area contributed by atoms with E-state index in [4.69, 9.17) is 0 Å². The lowest BCUT2D eigenvalue weighted by molar-refractivity contribution is 0.00881. The van der Waals surface area contributed by atoms with Gasteiger partial charge in [-0.25, -0.2) is 0 Å². The molecule has 0 spiro atoms. The zero-order valence-corrected chi connectivity index (χ0v) is 11.3. The second kappa shape index (κ2) is 5.23. The van der Waals surface area contributed by atoms with Gasteiger partial charge in [0.1, 0.15) is 0 Å². The van der Waals surface area contributed by atoms with E-state index in [9.17, 15) is 10.2 Å². The minimum atomic E-state index is -0.436. The first-order valence-corrected chi connectivity index (χ1v) is 7.28. The number of hydrogen-bond acceptors (Lipinski definition) is 4. The first-order valence-electron chi connectivity index (χ1n) is 7.28. The van der Waals surface area contributed by atoms with Gasteiger partial charge in [0.05, 0.1) is 30.5 Å². The van der Waals surface area contributed by atoms with Crippen LogP contribution in [-0.2, 0) is 6.54 Å². The van der Waals surface area contributed by atoms with E-state index in [0.29, 0.717) is 6.04 Å². The van der Waals surface area contributed by atoms with Gasteiger partial charge < -0.3 is 10.2 Å². The highest BCUT2D eigenvalue weighted by Crippen LogP contribution is 2.34. The van der Waals surface area contributed by atoms with Gasteiger partial charge in [0.2, 0.25) is 0 Å². The molecule has 2 heterocycles. The monoisotopic (exact) mass is 265 g/mol. The average molecular weight is 265 g/mol. The van der Waals surface area contributed by atoms with E-state index in [-0.39, 0.29) is 13.2 Å². The summed E-state index contributed by atoms with van der Waals surface area (Å²) in [5.74, 6) is 0. The number of aliphatic hydroxyl groups excluding tert-OH is 2. The van der Waals surface area contributed by atoms with Crippen molar-refractivity contribution in [1.82, 2.24) is 14.7 Å². The number of nitrogens with zero attached hydrogens (tertiary/aromatic N) is 3. The second-order valence-corrected chi connectivity index (χ2v) is 5.92. The van der Waals surface area contributed by atoms with Crippen LogP contribution in [0.25, 0.3) is 0 Å². The lowest BCUT2D eigenvalue weighted by Crippen LogP contribution is -2.49.